The second kappa shape index (κ2) is 4.63. The number of carboxylic acids is 1. The molecule has 106 valence electrons. The highest BCUT2D eigenvalue weighted by Crippen LogP contribution is 2.33. The van der Waals surface area contributed by atoms with E-state index in [9.17, 15) is 9.90 Å². The van der Waals surface area contributed by atoms with Crippen LogP contribution < -0.4 is 0 Å². The first-order valence-electron chi connectivity index (χ1n) is 7.09. The number of aromatic nitrogens is 1. The molecule has 0 spiro atoms. The zero-order valence-electron chi connectivity index (χ0n) is 12.2. The van der Waals surface area contributed by atoms with Crippen molar-refractivity contribution in [2.75, 3.05) is 13.1 Å². The van der Waals surface area contributed by atoms with E-state index in [-0.39, 0.29) is 0 Å². The molecule has 20 heavy (non-hydrogen) atoms. The van der Waals surface area contributed by atoms with E-state index in [1.165, 1.54) is 11.3 Å². The van der Waals surface area contributed by atoms with E-state index in [0.29, 0.717) is 5.56 Å². The smallest absolute Gasteiger partial charge is 0.337 e. The van der Waals surface area contributed by atoms with Gasteiger partial charge in [-0.15, -0.1) is 0 Å². The fourth-order valence-electron chi connectivity index (χ4n) is 3.36. The van der Waals surface area contributed by atoms with E-state index in [2.05, 4.69) is 22.5 Å². The average Bonchev–Trinajstić information content (AvgIpc) is 2.70. The van der Waals surface area contributed by atoms with Gasteiger partial charge in [-0.25, -0.2) is 4.79 Å². The van der Waals surface area contributed by atoms with Crippen LogP contribution in [0.15, 0.2) is 12.1 Å². The Balaban J connectivity index is 2.32. The fraction of sp³-hybridized carbons (Fsp3) is 0.438. The molecule has 1 aliphatic heterocycles. The maximum absolute atomic E-state index is 11.5. The van der Waals surface area contributed by atoms with Crippen LogP contribution in [0, 0.1) is 6.92 Å². The Labute approximate surface area is 118 Å². The lowest BCUT2D eigenvalue weighted by Crippen LogP contribution is -2.30. The molecule has 0 aliphatic carbocycles. The Morgan fingerprint density at radius 2 is 2.15 bits per heavy atom. The molecule has 0 fully saturated rings. The molecule has 0 bridgehead atoms. The minimum Gasteiger partial charge on any atom is -0.478 e. The van der Waals surface area contributed by atoms with Crippen molar-refractivity contribution in [1.82, 2.24) is 9.47 Å². The topological polar surface area (TPSA) is 45.5 Å². The van der Waals surface area contributed by atoms with Crippen LogP contribution in [-0.4, -0.2) is 33.6 Å². The molecule has 0 radical (unpaired) electrons. The summed E-state index contributed by atoms with van der Waals surface area (Å²) in [4.78, 5) is 13.9. The van der Waals surface area contributed by atoms with Gasteiger partial charge in [-0.2, -0.15) is 0 Å². The van der Waals surface area contributed by atoms with Crippen LogP contribution in [0.3, 0.4) is 0 Å². The van der Waals surface area contributed by atoms with Crippen molar-refractivity contribution in [2.24, 2.45) is 7.05 Å². The highest BCUT2D eigenvalue weighted by molar-refractivity contribution is 6.04. The summed E-state index contributed by atoms with van der Waals surface area (Å²) >= 11 is 0. The first-order valence-corrected chi connectivity index (χ1v) is 7.09. The third-order valence-corrected chi connectivity index (χ3v) is 4.39. The number of rotatable bonds is 2. The SMILES string of the molecule is CCN1CCc2c(c3cc(C)cc(C(=O)O)c3n2C)C1. The number of carboxylic acid groups (broad SMARTS) is 1. The van der Waals surface area contributed by atoms with Gasteiger partial charge in [0.25, 0.3) is 0 Å². The molecule has 1 aromatic carbocycles. The summed E-state index contributed by atoms with van der Waals surface area (Å²) in [5.74, 6) is -0.844. The third-order valence-electron chi connectivity index (χ3n) is 4.39. The molecule has 0 saturated carbocycles. The van der Waals surface area contributed by atoms with Crippen molar-refractivity contribution in [2.45, 2.75) is 26.8 Å². The van der Waals surface area contributed by atoms with Crippen molar-refractivity contribution >= 4 is 16.9 Å². The standard InChI is InChI=1S/C16H20N2O2/c1-4-18-6-5-14-13(9-18)11-7-10(2)8-12(16(19)20)15(11)17(14)3/h7-8H,4-6,9H2,1-3H3,(H,19,20). The van der Waals surface area contributed by atoms with Crippen LogP contribution in [0.2, 0.25) is 0 Å². The highest BCUT2D eigenvalue weighted by atomic mass is 16.4. The van der Waals surface area contributed by atoms with Crippen LogP contribution in [0.4, 0.5) is 0 Å². The average molecular weight is 272 g/mol. The van der Waals surface area contributed by atoms with Crippen molar-refractivity contribution in [3.8, 4) is 0 Å². The quantitative estimate of drug-likeness (QED) is 0.914. The van der Waals surface area contributed by atoms with Gasteiger partial charge in [0.2, 0.25) is 0 Å². The van der Waals surface area contributed by atoms with E-state index in [0.717, 1.165) is 42.5 Å². The van der Waals surface area contributed by atoms with Crippen molar-refractivity contribution < 1.29 is 9.90 Å². The van der Waals surface area contributed by atoms with E-state index >= 15 is 0 Å². The van der Waals surface area contributed by atoms with Crippen molar-refractivity contribution in [3.63, 3.8) is 0 Å². The summed E-state index contributed by atoms with van der Waals surface area (Å²) in [7, 11) is 1.99. The Hall–Kier alpha value is -1.81. The van der Waals surface area contributed by atoms with Crippen molar-refractivity contribution in [3.05, 3.63) is 34.5 Å². The van der Waals surface area contributed by atoms with Gasteiger partial charge < -0.3 is 9.67 Å². The number of nitrogens with zero attached hydrogens (tertiary/aromatic N) is 2. The summed E-state index contributed by atoms with van der Waals surface area (Å²) in [5.41, 5.74) is 4.89. The number of hydrogen-bond acceptors (Lipinski definition) is 2. The number of aryl methyl sites for hydroxylation is 2. The minimum absolute atomic E-state index is 0.417. The molecule has 2 heterocycles. The number of benzene rings is 1. The largest absolute Gasteiger partial charge is 0.478 e. The molecule has 0 amide bonds. The second-order valence-corrected chi connectivity index (χ2v) is 5.62. The Kier molecular flexibility index (Phi) is 3.05. The summed E-state index contributed by atoms with van der Waals surface area (Å²) in [6, 6.07) is 3.90. The maximum atomic E-state index is 11.5. The number of carbonyl (C=O) groups is 1. The lowest BCUT2D eigenvalue weighted by Gasteiger charge is -2.26. The van der Waals surface area contributed by atoms with Gasteiger partial charge in [-0.1, -0.05) is 6.92 Å². The molecule has 0 saturated heterocycles. The van der Waals surface area contributed by atoms with E-state index < -0.39 is 5.97 Å². The molecule has 1 aromatic heterocycles. The summed E-state index contributed by atoms with van der Waals surface area (Å²) in [6.45, 7) is 7.14. The summed E-state index contributed by atoms with van der Waals surface area (Å²) in [6.07, 6.45) is 0.993. The number of likely N-dealkylation sites (N-methyl/N-ethyl adjacent to an activating group) is 1. The molecule has 1 aliphatic rings. The number of hydrogen-bond donors (Lipinski definition) is 1. The molecule has 2 aromatic rings. The normalized spacial score (nSPS) is 15.6. The molecule has 0 unspecified atom stereocenters. The van der Waals surface area contributed by atoms with Gasteiger partial charge in [0, 0.05) is 37.6 Å². The van der Waals surface area contributed by atoms with E-state index in [1.807, 2.05) is 14.0 Å². The summed E-state index contributed by atoms with van der Waals surface area (Å²) in [5, 5.41) is 10.6. The van der Waals surface area contributed by atoms with Gasteiger partial charge in [0.15, 0.2) is 0 Å². The Bertz CT molecular complexity index is 700. The first-order chi connectivity index (χ1) is 9.52. The predicted octanol–water partition coefficient (Wildman–Crippen LogP) is 2.56. The predicted molar refractivity (Wildman–Crippen MR) is 79.3 cm³/mol. The van der Waals surface area contributed by atoms with Crippen LogP contribution in [0.25, 0.3) is 10.9 Å². The van der Waals surface area contributed by atoms with Gasteiger partial charge in [0.05, 0.1) is 11.1 Å². The molecular weight excluding hydrogens is 252 g/mol. The minimum atomic E-state index is -0.844. The summed E-state index contributed by atoms with van der Waals surface area (Å²) < 4.78 is 2.08. The molecule has 0 atom stereocenters. The molecule has 4 heteroatoms. The van der Waals surface area contributed by atoms with Crippen LogP contribution >= 0.6 is 0 Å². The van der Waals surface area contributed by atoms with Gasteiger partial charge >= 0.3 is 5.97 Å². The van der Waals surface area contributed by atoms with Gasteiger partial charge in [0.1, 0.15) is 0 Å². The van der Waals surface area contributed by atoms with Crippen LogP contribution in [0.1, 0.15) is 34.1 Å². The van der Waals surface area contributed by atoms with Gasteiger partial charge in [-0.3, -0.25) is 4.90 Å². The fourth-order valence-corrected chi connectivity index (χ4v) is 3.36. The first kappa shape index (κ1) is 13.2. The Morgan fingerprint density at radius 3 is 2.80 bits per heavy atom. The number of fused-ring (bicyclic) bond motifs is 3. The van der Waals surface area contributed by atoms with Gasteiger partial charge in [-0.05, 0) is 36.7 Å². The van der Waals surface area contributed by atoms with E-state index in [1.54, 1.807) is 6.07 Å². The highest BCUT2D eigenvalue weighted by Gasteiger charge is 2.24. The maximum Gasteiger partial charge on any atom is 0.337 e. The van der Waals surface area contributed by atoms with Crippen molar-refractivity contribution in [1.29, 1.82) is 0 Å². The zero-order chi connectivity index (χ0) is 14.4. The van der Waals surface area contributed by atoms with Crippen LogP contribution in [-0.2, 0) is 20.0 Å². The molecule has 3 rings (SSSR count). The Morgan fingerprint density at radius 1 is 1.40 bits per heavy atom. The van der Waals surface area contributed by atoms with E-state index in [4.69, 9.17) is 0 Å². The lowest BCUT2D eigenvalue weighted by molar-refractivity contribution is 0.0698. The molecule has 4 nitrogen and oxygen atoms in total. The molecule has 1 N–H and O–H groups in total. The number of aromatic carboxylic acids is 1. The zero-order valence-corrected chi connectivity index (χ0v) is 12.2. The monoisotopic (exact) mass is 272 g/mol. The van der Waals surface area contributed by atoms with Crippen LogP contribution in [0.5, 0.6) is 0 Å². The third kappa shape index (κ3) is 1.83. The lowest BCUT2D eigenvalue weighted by atomic mass is 10.0. The molecular formula is C16H20N2O2. The second-order valence-electron chi connectivity index (χ2n) is 5.62.